The number of methoxy groups -OCH3 is 2. The Bertz CT molecular complexity index is 449. The van der Waals surface area contributed by atoms with Gasteiger partial charge in [-0.05, 0) is 22.0 Å². The van der Waals surface area contributed by atoms with E-state index in [0.29, 0.717) is 0 Å². The molecule has 0 saturated heterocycles. The van der Waals surface area contributed by atoms with Crippen LogP contribution in [0.2, 0.25) is 0 Å². The van der Waals surface area contributed by atoms with E-state index >= 15 is 0 Å². The fourth-order valence-electron chi connectivity index (χ4n) is 1.33. The Labute approximate surface area is 105 Å². The molecule has 1 rings (SSSR count). The summed E-state index contributed by atoms with van der Waals surface area (Å²) in [5.74, 6) is -2.62. The van der Waals surface area contributed by atoms with E-state index in [9.17, 15) is 14.3 Å². The summed E-state index contributed by atoms with van der Waals surface area (Å²) in [5, 5.41) is 18.2. The smallest absolute Gasteiger partial charge is 0.337 e. The van der Waals surface area contributed by atoms with Crippen LogP contribution in [-0.2, 0) is 4.79 Å². The van der Waals surface area contributed by atoms with E-state index < -0.39 is 17.9 Å². The summed E-state index contributed by atoms with van der Waals surface area (Å²) in [6.45, 7) is 0. The normalized spacial score (nSPS) is 12.1. The maximum Gasteiger partial charge on any atom is 0.337 e. The molecule has 0 aliphatic heterocycles. The Morgan fingerprint density at radius 2 is 1.94 bits per heavy atom. The van der Waals surface area contributed by atoms with Gasteiger partial charge in [0, 0.05) is 5.56 Å². The van der Waals surface area contributed by atoms with Gasteiger partial charge in [-0.15, -0.1) is 0 Å². The number of carbonyl (C=O) groups is 1. The number of halogens is 2. The Hall–Kier alpha value is -1.34. The molecule has 0 fully saturated rings. The van der Waals surface area contributed by atoms with Crippen molar-refractivity contribution >= 4 is 21.9 Å². The van der Waals surface area contributed by atoms with Crippen molar-refractivity contribution in [2.45, 2.75) is 6.10 Å². The van der Waals surface area contributed by atoms with E-state index in [1.807, 2.05) is 0 Å². The predicted octanol–water partition coefficient (Wildman–Crippen LogP) is 1.72. The van der Waals surface area contributed by atoms with Crippen LogP contribution in [0, 0.1) is 5.82 Å². The Balaban J connectivity index is 3.49. The fourth-order valence-corrected chi connectivity index (χ4v) is 1.76. The standard InChI is InChI=1S/C10H10BrFO5/c1-16-8-4(7(13)10(14)15)3-5(11)6(12)9(8)17-2/h3,7,13H,1-2H3,(H,14,15). The van der Waals surface area contributed by atoms with Gasteiger partial charge in [0.25, 0.3) is 0 Å². The van der Waals surface area contributed by atoms with E-state index in [1.54, 1.807) is 0 Å². The van der Waals surface area contributed by atoms with E-state index in [2.05, 4.69) is 15.9 Å². The Morgan fingerprint density at radius 1 is 1.41 bits per heavy atom. The third-order valence-corrected chi connectivity index (χ3v) is 2.67. The lowest BCUT2D eigenvalue weighted by Gasteiger charge is -2.16. The first kappa shape index (κ1) is 13.7. The predicted molar refractivity (Wildman–Crippen MR) is 59.8 cm³/mol. The average molecular weight is 309 g/mol. The summed E-state index contributed by atoms with van der Waals surface area (Å²) in [7, 11) is 2.44. The molecule has 0 aromatic heterocycles. The van der Waals surface area contributed by atoms with E-state index in [4.69, 9.17) is 14.6 Å². The van der Waals surface area contributed by atoms with Crippen molar-refractivity contribution in [2.24, 2.45) is 0 Å². The van der Waals surface area contributed by atoms with Crippen LogP contribution >= 0.6 is 15.9 Å². The summed E-state index contributed by atoms with van der Waals surface area (Å²) in [5.41, 5.74) is -0.0925. The second-order valence-electron chi connectivity index (χ2n) is 3.07. The number of carboxylic acids is 1. The molecule has 0 bridgehead atoms. The number of aliphatic hydroxyl groups is 1. The maximum absolute atomic E-state index is 13.6. The number of aliphatic hydroxyl groups excluding tert-OH is 1. The van der Waals surface area contributed by atoms with Crippen LogP contribution in [0.15, 0.2) is 10.5 Å². The highest BCUT2D eigenvalue weighted by Crippen LogP contribution is 2.40. The largest absolute Gasteiger partial charge is 0.492 e. The highest BCUT2D eigenvalue weighted by Gasteiger charge is 2.26. The number of ether oxygens (including phenoxy) is 2. The molecule has 5 nitrogen and oxygen atoms in total. The van der Waals surface area contributed by atoms with Crippen molar-refractivity contribution in [3.05, 3.63) is 21.9 Å². The van der Waals surface area contributed by atoms with Gasteiger partial charge < -0.3 is 19.7 Å². The van der Waals surface area contributed by atoms with Crippen LogP contribution in [0.1, 0.15) is 11.7 Å². The molecule has 0 heterocycles. The third kappa shape index (κ3) is 2.50. The van der Waals surface area contributed by atoms with Gasteiger partial charge in [-0.3, -0.25) is 0 Å². The number of hydrogen-bond acceptors (Lipinski definition) is 4. The van der Waals surface area contributed by atoms with Gasteiger partial charge in [0.2, 0.25) is 0 Å². The first-order valence-electron chi connectivity index (χ1n) is 4.44. The fraction of sp³-hybridized carbons (Fsp3) is 0.300. The van der Waals surface area contributed by atoms with E-state index in [-0.39, 0.29) is 21.5 Å². The summed E-state index contributed by atoms with van der Waals surface area (Å²) in [6, 6.07) is 1.13. The lowest BCUT2D eigenvalue weighted by molar-refractivity contribution is -0.147. The van der Waals surface area contributed by atoms with Crippen LogP contribution in [0.25, 0.3) is 0 Å². The summed E-state index contributed by atoms with van der Waals surface area (Å²) >= 11 is 2.90. The second kappa shape index (κ2) is 5.33. The lowest BCUT2D eigenvalue weighted by atomic mass is 10.1. The maximum atomic E-state index is 13.6. The number of aliphatic carboxylic acids is 1. The molecule has 1 unspecified atom stereocenters. The Morgan fingerprint density at radius 3 is 2.35 bits per heavy atom. The molecule has 0 amide bonds. The van der Waals surface area contributed by atoms with Crippen molar-refractivity contribution in [2.75, 3.05) is 14.2 Å². The van der Waals surface area contributed by atoms with Gasteiger partial charge in [-0.2, -0.15) is 0 Å². The molecule has 1 atom stereocenters. The summed E-state index contributed by atoms with van der Waals surface area (Å²) in [6.07, 6.45) is -1.82. The van der Waals surface area contributed by atoms with Crippen LogP contribution in [0.4, 0.5) is 4.39 Å². The molecule has 0 aliphatic rings. The van der Waals surface area contributed by atoms with Gasteiger partial charge in [-0.25, -0.2) is 9.18 Å². The van der Waals surface area contributed by atoms with Gasteiger partial charge in [0.05, 0.1) is 18.7 Å². The van der Waals surface area contributed by atoms with Crippen LogP contribution in [0.3, 0.4) is 0 Å². The van der Waals surface area contributed by atoms with Crippen LogP contribution in [-0.4, -0.2) is 30.4 Å². The average Bonchev–Trinajstić information content (AvgIpc) is 2.30. The van der Waals surface area contributed by atoms with Gasteiger partial charge in [0.1, 0.15) is 0 Å². The zero-order valence-corrected chi connectivity index (χ0v) is 10.6. The lowest BCUT2D eigenvalue weighted by Crippen LogP contribution is -2.13. The topological polar surface area (TPSA) is 76.0 Å². The van der Waals surface area contributed by atoms with Gasteiger partial charge in [-0.1, -0.05) is 0 Å². The highest BCUT2D eigenvalue weighted by atomic mass is 79.9. The number of benzene rings is 1. The molecule has 0 radical (unpaired) electrons. The summed E-state index contributed by atoms with van der Waals surface area (Å²) < 4.78 is 23.2. The first-order chi connectivity index (χ1) is 7.93. The highest BCUT2D eigenvalue weighted by molar-refractivity contribution is 9.10. The van der Waals surface area contributed by atoms with Crippen molar-refractivity contribution in [3.8, 4) is 11.5 Å². The third-order valence-electron chi connectivity index (χ3n) is 2.10. The molecular weight excluding hydrogens is 299 g/mol. The molecule has 7 heteroatoms. The minimum absolute atomic E-state index is 0.0227. The zero-order valence-electron chi connectivity index (χ0n) is 9.03. The van der Waals surface area contributed by atoms with E-state index in [1.165, 1.54) is 14.2 Å². The minimum atomic E-state index is -1.82. The molecule has 0 saturated carbocycles. The van der Waals surface area contributed by atoms with Crippen molar-refractivity contribution in [3.63, 3.8) is 0 Å². The van der Waals surface area contributed by atoms with Crippen molar-refractivity contribution < 1.29 is 28.9 Å². The van der Waals surface area contributed by atoms with Crippen LogP contribution < -0.4 is 9.47 Å². The number of hydrogen-bond donors (Lipinski definition) is 2. The van der Waals surface area contributed by atoms with Crippen molar-refractivity contribution in [1.82, 2.24) is 0 Å². The molecule has 0 spiro atoms. The SMILES string of the molecule is COc1c(C(O)C(=O)O)cc(Br)c(F)c1OC. The zero-order chi connectivity index (χ0) is 13.2. The monoisotopic (exact) mass is 308 g/mol. The first-order valence-corrected chi connectivity index (χ1v) is 5.24. The van der Waals surface area contributed by atoms with Gasteiger partial charge >= 0.3 is 5.97 Å². The van der Waals surface area contributed by atoms with Crippen molar-refractivity contribution in [1.29, 1.82) is 0 Å². The Kier molecular flexibility index (Phi) is 4.30. The number of carboxylic acid groups (broad SMARTS) is 1. The van der Waals surface area contributed by atoms with Gasteiger partial charge in [0.15, 0.2) is 23.4 Å². The molecule has 1 aromatic carbocycles. The molecule has 94 valence electrons. The molecule has 1 aromatic rings. The number of rotatable bonds is 4. The molecular formula is C10H10BrFO5. The molecule has 0 aliphatic carbocycles. The van der Waals surface area contributed by atoms with E-state index in [0.717, 1.165) is 6.07 Å². The molecule has 17 heavy (non-hydrogen) atoms. The summed E-state index contributed by atoms with van der Waals surface area (Å²) in [4.78, 5) is 10.7. The minimum Gasteiger partial charge on any atom is -0.492 e. The quantitative estimate of drug-likeness (QED) is 0.886. The second-order valence-corrected chi connectivity index (χ2v) is 3.92. The van der Waals surface area contributed by atoms with Crippen LogP contribution in [0.5, 0.6) is 11.5 Å². The molecule has 2 N–H and O–H groups in total.